The van der Waals surface area contributed by atoms with Gasteiger partial charge in [-0.1, -0.05) is 36.4 Å². The van der Waals surface area contributed by atoms with Gasteiger partial charge in [0.2, 0.25) is 0 Å². The lowest BCUT2D eigenvalue weighted by Crippen LogP contribution is -2.25. The molecule has 25 heavy (non-hydrogen) atoms. The molecule has 0 fully saturated rings. The summed E-state index contributed by atoms with van der Waals surface area (Å²) in [7, 11) is 0. The van der Waals surface area contributed by atoms with Gasteiger partial charge in [0.15, 0.2) is 0 Å². The molecule has 0 radical (unpaired) electrons. The van der Waals surface area contributed by atoms with Crippen LogP contribution in [0.2, 0.25) is 0 Å². The van der Waals surface area contributed by atoms with Crippen LogP contribution < -0.4 is 16.2 Å². The molecule has 1 aliphatic rings. The van der Waals surface area contributed by atoms with E-state index in [1.807, 2.05) is 48.5 Å². The molecule has 0 amide bonds. The van der Waals surface area contributed by atoms with Crippen LogP contribution >= 0.6 is 0 Å². The lowest BCUT2D eigenvalue weighted by Gasteiger charge is -2.26. The third kappa shape index (κ3) is 4.00. The highest BCUT2D eigenvalue weighted by molar-refractivity contribution is 5.85. The number of carbonyl (C=O) groups is 1. The Morgan fingerprint density at radius 2 is 1.64 bits per heavy atom. The molecule has 1 aliphatic heterocycles. The van der Waals surface area contributed by atoms with E-state index in [9.17, 15) is 4.79 Å². The van der Waals surface area contributed by atoms with Gasteiger partial charge in [-0.2, -0.15) is 0 Å². The number of nitrogens with two attached hydrogens (primary N) is 2. The molecule has 1 unspecified atom stereocenters. The Morgan fingerprint density at radius 3 is 2.24 bits per heavy atom. The van der Waals surface area contributed by atoms with E-state index in [-0.39, 0.29) is 12.0 Å². The SMILES string of the molecule is NCCC(N)CCCOC(=O)C1c2ccccc2Oc2ccccc21. The van der Waals surface area contributed by atoms with Crippen molar-refractivity contribution in [2.45, 2.75) is 31.2 Å². The van der Waals surface area contributed by atoms with Gasteiger partial charge in [0.05, 0.1) is 6.61 Å². The number of rotatable bonds is 7. The Labute approximate surface area is 147 Å². The largest absolute Gasteiger partial charge is 0.465 e. The molecule has 132 valence electrons. The molecular formula is C20H24N2O3. The predicted molar refractivity (Wildman–Crippen MR) is 96.6 cm³/mol. The molecule has 0 bridgehead atoms. The van der Waals surface area contributed by atoms with E-state index in [0.717, 1.165) is 30.4 Å². The summed E-state index contributed by atoms with van der Waals surface area (Å²) in [6, 6.07) is 15.2. The Balaban J connectivity index is 1.70. The fourth-order valence-electron chi connectivity index (χ4n) is 3.12. The second kappa shape index (κ2) is 8.14. The molecule has 5 heteroatoms. The fraction of sp³-hybridized carbons (Fsp3) is 0.350. The Kier molecular flexibility index (Phi) is 5.68. The van der Waals surface area contributed by atoms with Crippen LogP contribution in [0.4, 0.5) is 0 Å². The third-order valence-electron chi connectivity index (χ3n) is 4.42. The monoisotopic (exact) mass is 340 g/mol. The van der Waals surface area contributed by atoms with Crippen molar-refractivity contribution in [3.05, 3.63) is 59.7 Å². The van der Waals surface area contributed by atoms with Crippen molar-refractivity contribution < 1.29 is 14.3 Å². The van der Waals surface area contributed by atoms with Crippen LogP contribution in [0.15, 0.2) is 48.5 Å². The molecule has 1 atom stereocenters. The van der Waals surface area contributed by atoms with Crippen LogP contribution in [0, 0.1) is 0 Å². The second-order valence-electron chi connectivity index (χ2n) is 6.26. The zero-order valence-electron chi connectivity index (χ0n) is 14.2. The summed E-state index contributed by atoms with van der Waals surface area (Å²) in [5.74, 6) is 0.690. The Bertz CT molecular complexity index is 687. The first kappa shape index (κ1) is 17.5. The van der Waals surface area contributed by atoms with E-state index in [1.165, 1.54) is 0 Å². The van der Waals surface area contributed by atoms with Crippen LogP contribution in [0.3, 0.4) is 0 Å². The van der Waals surface area contributed by atoms with Gasteiger partial charge in [0, 0.05) is 17.2 Å². The maximum atomic E-state index is 12.8. The van der Waals surface area contributed by atoms with Gasteiger partial charge in [-0.25, -0.2) is 0 Å². The first-order chi connectivity index (χ1) is 12.2. The van der Waals surface area contributed by atoms with E-state index in [2.05, 4.69) is 0 Å². The van der Waals surface area contributed by atoms with Crippen molar-refractivity contribution in [2.24, 2.45) is 11.5 Å². The number of benzene rings is 2. The fourth-order valence-corrected chi connectivity index (χ4v) is 3.12. The Morgan fingerprint density at radius 1 is 1.04 bits per heavy atom. The highest BCUT2D eigenvalue weighted by atomic mass is 16.5. The summed E-state index contributed by atoms with van der Waals surface area (Å²) in [6.07, 6.45) is 2.32. The first-order valence-corrected chi connectivity index (χ1v) is 8.68. The summed E-state index contributed by atoms with van der Waals surface area (Å²) < 4.78 is 11.4. The minimum absolute atomic E-state index is 0.0632. The molecule has 3 rings (SSSR count). The topological polar surface area (TPSA) is 87.6 Å². The van der Waals surface area contributed by atoms with Gasteiger partial charge in [0.25, 0.3) is 0 Å². The van der Waals surface area contributed by atoms with Crippen LogP contribution in [-0.4, -0.2) is 25.2 Å². The van der Waals surface area contributed by atoms with E-state index in [0.29, 0.717) is 24.7 Å². The quantitative estimate of drug-likeness (QED) is 0.598. The molecule has 0 aromatic heterocycles. The number of ether oxygens (including phenoxy) is 2. The summed E-state index contributed by atoms with van der Waals surface area (Å²) in [5.41, 5.74) is 13.1. The maximum absolute atomic E-state index is 12.8. The number of fused-ring (bicyclic) bond motifs is 2. The number of hydrogen-bond donors (Lipinski definition) is 2. The molecule has 0 spiro atoms. The molecule has 1 heterocycles. The van der Waals surface area contributed by atoms with E-state index in [1.54, 1.807) is 0 Å². The summed E-state index contributed by atoms with van der Waals surface area (Å²) in [5, 5.41) is 0. The molecular weight excluding hydrogens is 316 g/mol. The molecule has 2 aromatic rings. The van der Waals surface area contributed by atoms with Gasteiger partial charge >= 0.3 is 5.97 Å². The van der Waals surface area contributed by atoms with E-state index >= 15 is 0 Å². The average Bonchev–Trinajstić information content (AvgIpc) is 2.63. The van der Waals surface area contributed by atoms with Crippen LogP contribution in [-0.2, 0) is 9.53 Å². The number of para-hydroxylation sites is 2. The van der Waals surface area contributed by atoms with Crippen molar-refractivity contribution >= 4 is 5.97 Å². The van der Waals surface area contributed by atoms with Gasteiger partial charge in [-0.05, 0) is 37.9 Å². The summed E-state index contributed by atoms with van der Waals surface area (Å²) in [6.45, 7) is 0.940. The lowest BCUT2D eigenvalue weighted by atomic mass is 9.88. The summed E-state index contributed by atoms with van der Waals surface area (Å²) >= 11 is 0. The molecule has 5 nitrogen and oxygen atoms in total. The van der Waals surface area contributed by atoms with Crippen LogP contribution in [0.1, 0.15) is 36.3 Å². The maximum Gasteiger partial charge on any atom is 0.318 e. The number of carbonyl (C=O) groups excluding carboxylic acids is 1. The van der Waals surface area contributed by atoms with Gasteiger partial charge in [-0.15, -0.1) is 0 Å². The standard InChI is InChI=1S/C20H24N2O3/c21-12-11-14(22)6-5-13-24-20(23)19-15-7-1-3-9-17(15)25-18-10-4-2-8-16(18)19/h1-4,7-10,14,19H,5-6,11-13,21-22H2. The van der Waals surface area contributed by atoms with Crippen molar-refractivity contribution in [1.29, 1.82) is 0 Å². The molecule has 0 saturated heterocycles. The zero-order chi connectivity index (χ0) is 17.6. The van der Waals surface area contributed by atoms with Crippen molar-refractivity contribution in [3.8, 4) is 11.5 Å². The predicted octanol–water partition coefficient (Wildman–Crippen LogP) is 2.92. The minimum Gasteiger partial charge on any atom is -0.465 e. The average molecular weight is 340 g/mol. The van der Waals surface area contributed by atoms with Gasteiger partial charge in [0.1, 0.15) is 17.4 Å². The highest BCUT2D eigenvalue weighted by Gasteiger charge is 2.33. The van der Waals surface area contributed by atoms with Gasteiger partial charge in [-0.3, -0.25) is 4.79 Å². The zero-order valence-corrected chi connectivity index (χ0v) is 14.2. The molecule has 0 aliphatic carbocycles. The Hall–Kier alpha value is -2.37. The van der Waals surface area contributed by atoms with Crippen molar-refractivity contribution in [1.82, 2.24) is 0 Å². The minimum atomic E-state index is -0.459. The second-order valence-corrected chi connectivity index (χ2v) is 6.26. The van der Waals surface area contributed by atoms with Crippen molar-refractivity contribution in [3.63, 3.8) is 0 Å². The first-order valence-electron chi connectivity index (χ1n) is 8.68. The molecule has 4 N–H and O–H groups in total. The van der Waals surface area contributed by atoms with Crippen molar-refractivity contribution in [2.75, 3.05) is 13.2 Å². The van der Waals surface area contributed by atoms with Crippen LogP contribution in [0.5, 0.6) is 11.5 Å². The number of hydrogen-bond acceptors (Lipinski definition) is 5. The van der Waals surface area contributed by atoms with E-state index < -0.39 is 5.92 Å². The van der Waals surface area contributed by atoms with E-state index in [4.69, 9.17) is 20.9 Å². The summed E-state index contributed by atoms with van der Waals surface area (Å²) in [4.78, 5) is 12.8. The smallest absolute Gasteiger partial charge is 0.318 e. The normalized spacial score (nSPS) is 14.2. The molecule has 0 saturated carbocycles. The molecule has 2 aromatic carbocycles. The lowest BCUT2D eigenvalue weighted by molar-refractivity contribution is -0.144. The van der Waals surface area contributed by atoms with Crippen LogP contribution in [0.25, 0.3) is 0 Å². The highest BCUT2D eigenvalue weighted by Crippen LogP contribution is 2.44. The number of esters is 1. The third-order valence-corrected chi connectivity index (χ3v) is 4.42. The van der Waals surface area contributed by atoms with Gasteiger partial charge < -0.3 is 20.9 Å².